The van der Waals surface area contributed by atoms with Crippen molar-refractivity contribution >= 4 is 17.7 Å². The van der Waals surface area contributed by atoms with Crippen LogP contribution in [0.1, 0.15) is 37.7 Å². The number of hydrogen-bond donors (Lipinski definition) is 0. The Hall–Kier alpha value is -2.45. The zero-order chi connectivity index (χ0) is 22.4. The first-order valence-electron chi connectivity index (χ1n) is 10.7. The third-order valence-electron chi connectivity index (χ3n) is 6.31. The van der Waals surface area contributed by atoms with Gasteiger partial charge in [0.05, 0.1) is 38.3 Å². The van der Waals surface area contributed by atoms with Gasteiger partial charge in [-0.15, -0.1) is 0 Å². The van der Waals surface area contributed by atoms with Crippen LogP contribution in [0.3, 0.4) is 0 Å². The van der Waals surface area contributed by atoms with Crippen LogP contribution in [0.15, 0.2) is 24.3 Å². The molecule has 2 fully saturated rings. The molecule has 31 heavy (non-hydrogen) atoms. The average Bonchev–Trinajstić information content (AvgIpc) is 3.02. The second-order valence-corrected chi connectivity index (χ2v) is 8.17. The molecule has 0 aromatic heterocycles. The Labute approximate surface area is 183 Å². The highest BCUT2D eigenvalue weighted by atomic mass is 16.5. The standard InChI is InChI=1S/C23H32N2O6/c1-29-13-12-25-21(27)15-23(22(25)28,18-9-4-5-10-19(18)31-3)14-20(26)24-11-7-6-8-17(24)16-30-2/h4-5,9-10,17H,6-8,11-16H2,1-3H3/t17-,23-/m0/s1. The van der Waals surface area contributed by atoms with E-state index in [-0.39, 0.29) is 49.8 Å². The van der Waals surface area contributed by atoms with E-state index in [0.29, 0.717) is 24.5 Å². The van der Waals surface area contributed by atoms with Gasteiger partial charge in [-0.05, 0) is 25.3 Å². The normalized spacial score (nSPS) is 24.0. The van der Waals surface area contributed by atoms with Crippen molar-refractivity contribution in [3.63, 3.8) is 0 Å². The summed E-state index contributed by atoms with van der Waals surface area (Å²) in [6, 6.07) is 7.12. The van der Waals surface area contributed by atoms with E-state index in [0.717, 1.165) is 19.3 Å². The van der Waals surface area contributed by atoms with E-state index in [1.807, 2.05) is 4.90 Å². The van der Waals surface area contributed by atoms with Gasteiger partial charge in [-0.25, -0.2) is 0 Å². The zero-order valence-corrected chi connectivity index (χ0v) is 18.6. The van der Waals surface area contributed by atoms with Gasteiger partial charge in [0.2, 0.25) is 17.7 Å². The average molecular weight is 433 g/mol. The van der Waals surface area contributed by atoms with Gasteiger partial charge in [0.15, 0.2) is 0 Å². The molecular weight excluding hydrogens is 400 g/mol. The number of methoxy groups -OCH3 is 3. The fourth-order valence-electron chi connectivity index (χ4n) is 4.75. The van der Waals surface area contributed by atoms with Crippen molar-refractivity contribution in [2.45, 2.75) is 43.6 Å². The molecule has 8 heteroatoms. The molecular formula is C23H32N2O6. The van der Waals surface area contributed by atoms with Crippen molar-refractivity contribution in [2.75, 3.05) is 47.6 Å². The van der Waals surface area contributed by atoms with Crippen molar-refractivity contribution in [1.29, 1.82) is 0 Å². The van der Waals surface area contributed by atoms with Crippen LogP contribution < -0.4 is 4.74 Å². The van der Waals surface area contributed by atoms with Crippen LogP contribution in [0.5, 0.6) is 5.75 Å². The molecule has 0 unspecified atom stereocenters. The Balaban J connectivity index is 1.98. The van der Waals surface area contributed by atoms with E-state index < -0.39 is 5.41 Å². The molecule has 8 nitrogen and oxygen atoms in total. The second-order valence-electron chi connectivity index (χ2n) is 8.17. The molecule has 0 saturated carbocycles. The molecule has 0 spiro atoms. The number of imide groups is 1. The summed E-state index contributed by atoms with van der Waals surface area (Å²) in [4.78, 5) is 43.1. The van der Waals surface area contributed by atoms with Crippen LogP contribution in [0, 0.1) is 0 Å². The Kier molecular flexibility index (Phi) is 7.67. The number of piperidine rings is 1. The van der Waals surface area contributed by atoms with Gasteiger partial charge in [-0.2, -0.15) is 0 Å². The summed E-state index contributed by atoms with van der Waals surface area (Å²) in [5, 5.41) is 0. The summed E-state index contributed by atoms with van der Waals surface area (Å²) < 4.78 is 15.9. The molecule has 2 aliphatic rings. The number of para-hydroxylation sites is 1. The molecule has 170 valence electrons. The lowest BCUT2D eigenvalue weighted by molar-refractivity contribution is -0.144. The molecule has 0 radical (unpaired) electrons. The molecule has 2 atom stereocenters. The molecule has 3 amide bonds. The van der Waals surface area contributed by atoms with Gasteiger partial charge in [-0.1, -0.05) is 18.2 Å². The van der Waals surface area contributed by atoms with E-state index in [1.54, 1.807) is 31.4 Å². The van der Waals surface area contributed by atoms with Gasteiger partial charge in [0.25, 0.3) is 0 Å². The molecule has 2 aliphatic heterocycles. The second kappa shape index (κ2) is 10.2. The van der Waals surface area contributed by atoms with Crippen molar-refractivity contribution in [3.8, 4) is 5.75 Å². The number of amides is 3. The highest BCUT2D eigenvalue weighted by Gasteiger charge is 2.55. The van der Waals surface area contributed by atoms with Crippen molar-refractivity contribution < 1.29 is 28.6 Å². The summed E-state index contributed by atoms with van der Waals surface area (Å²) >= 11 is 0. The van der Waals surface area contributed by atoms with Crippen LogP contribution in [-0.2, 0) is 29.3 Å². The number of carbonyl (C=O) groups is 3. The number of carbonyl (C=O) groups excluding carboxylic acids is 3. The van der Waals surface area contributed by atoms with Gasteiger partial charge in [0, 0.05) is 39.2 Å². The SMILES string of the molecule is COCCN1C(=O)C[C@@](CC(=O)N2CCCC[C@H]2COC)(c2ccccc2OC)C1=O. The van der Waals surface area contributed by atoms with Crippen LogP contribution in [0.25, 0.3) is 0 Å². The van der Waals surface area contributed by atoms with E-state index in [9.17, 15) is 14.4 Å². The summed E-state index contributed by atoms with van der Waals surface area (Å²) in [6.45, 7) is 1.50. The summed E-state index contributed by atoms with van der Waals surface area (Å²) in [5.41, 5.74) is -0.715. The lowest BCUT2D eigenvalue weighted by Gasteiger charge is -2.38. The number of benzene rings is 1. The Bertz CT molecular complexity index is 811. The van der Waals surface area contributed by atoms with Gasteiger partial charge >= 0.3 is 0 Å². The maximum atomic E-state index is 13.6. The Morgan fingerprint density at radius 1 is 1.13 bits per heavy atom. The monoisotopic (exact) mass is 432 g/mol. The van der Waals surface area contributed by atoms with E-state index in [1.165, 1.54) is 19.1 Å². The molecule has 2 saturated heterocycles. The largest absolute Gasteiger partial charge is 0.496 e. The molecule has 0 N–H and O–H groups in total. The number of hydrogen-bond acceptors (Lipinski definition) is 6. The van der Waals surface area contributed by atoms with Crippen molar-refractivity contribution in [2.24, 2.45) is 0 Å². The zero-order valence-electron chi connectivity index (χ0n) is 18.6. The third kappa shape index (κ3) is 4.60. The van der Waals surface area contributed by atoms with E-state index >= 15 is 0 Å². The van der Waals surface area contributed by atoms with E-state index in [2.05, 4.69) is 0 Å². The van der Waals surface area contributed by atoms with Crippen LogP contribution in [-0.4, -0.2) is 81.2 Å². The molecule has 1 aromatic carbocycles. The first-order chi connectivity index (χ1) is 15.0. The number of ether oxygens (including phenoxy) is 3. The number of nitrogens with zero attached hydrogens (tertiary/aromatic N) is 2. The smallest absolute Gasteiger partial charge is 0.241 e. The lowest BCUT2D eigenvalue weighted by Crippen LogP contribution is -2.49. The van der Waals surface area contributed by atoms with Crippen LogP contribution in [0.2, 0.25) is 0 Å². The predicted octanol–water partition coefficient (Wildman–Crippen LogP) is 1.76. The van der Waals surface area contributed by atoms with Crippen LogP contribution in [0.4, 0.5) is 0 Å². The molecule has 1 aromatic rings. The molecule has 2 heterocycles. The Morgan fingerprint density at radius 3 is 2.61 bits per heavy atom. The van der Waals surface area contributed by atoms with Gasteiger partial charge in [0.1, 0.15) is 5.75 Å². The Morgan fingerprint density at radius 2 is 1.90 bits per heavy atom. The minimum absolute atomic E-state index is 0.0160. The maximum absolute atomic E-state index is 13.6. The summed E-state index contributed by atoms with van der Waals surface area (Å²) in [7, 11) is 4.67. The molecule has 0 bridgehead atoms. The van der Waals surface area contributed by atoms with Crippen molar-refractivity contribution in [1.82, 2.24) is 9.80 Å². The first kappa shape index (κ1) is 23.2. The fraction of sp³-hybridized carbons (Fsp3) is 0.609. The minimum atomic E-state index is -1.29. The van der Waals surface area contributed by atoms with Crippen molar-refractivity contribution in [3.05, 3.63) is 29.8 Å². The fourth-order valence-corrected chi connectivity index (χ4v) is 4.75. The number of likely N-dealkylation sites (tertiary alicyclic amines) is 2. The molecule has 3 rings (SSSR count). The predicted molar refractivity (Wildman–Crippen MR) is 114 cm³/mol. The third-order valence-corrected chi connectivity index (χ3v) is 6.31. The van der Waals surface area contributed by atoms with Gasteiger partial charge in [-0.3, -0.25) is 19.3 Å². The quantitative estimate of drug-likeness (QED) is 0.553. The summed E-state index contributed by atoms with van der Waals surface area (Å²) in [5.74, 6) is -0.305. The minimum Gasteiger partial charge on any atom is -0.496 e. The maximum Gasteiger partial charge on any atom is 0.241 e. The number of rotatable bonds is 9. The highest BCUT2D eigenvalue weighted by molar-refractivity contribution is 6.11. The highest BCUT2D eigenvalue weighted by Crippen LogP contribution is 2.44. The first-order valence-corrected chi connectivity index (χ1v) is 10.7. The van der Waals surface area contributed by atoms with E-state index in [4.69, 9.17) is 14.2 Å². The lowest BCUT2D eigenvalue weighted by atomic mass is 9.75. The van der Waals surface area contributed by atoms with Crippen LogP contribution >= 0.6 is 0 Å². The topological polar surface area (TPSA) is 85.4 Å². The molecule has 0 aliphatic carbocycles. The van der Waals surface area contributed by atoms with Gasteiger partial charge < -0.3 is 19.1 Å². The summed E-state index contributed by atoms with van der Waals surface area (Å²) in [6.07, 6.45) is 2.68.